The van der Waals surface area contributed by atoms with Gasteiger partial charge in [0.1, 0.15) is 11.5 Å². The van der Waals surface area contributed by atoms with Gasteiger partial charge in [-0.2, -0.15) is 5.10 Å². The standard InChI is InChI=1S/C20H19FN4O2/c1-2-22-18(26)12-23-20(27)17-13-25(16-6-4-3-5-7-16)24-19(17)14-8-10-15(21)11-9-14/h3-11,13H,2,12H2,1H3,(H,22,26)(H,23,27). The van der Waals surface area contributed by atoms with Crippen molar-refractivity contribution in [1.82, 2.24) is 20.4 Å². The number of likely N-dealkylation sites (N-methyl/N-ethyl adjacent to an activating group) is 1. The van der Waals surface area contributed by atoms with E-state index in [1.807, 2.05) is 30.3 Å². The molecule has 0 saturated carbocycles. The third-order valence-corrected chi connectivity index (χ3v) is 3.88. The lowest BCUT2D eigenvalue weighted by Gasteiger charge is -2.05. The van der Waals surface area contributed by atoms with Crippen molar-refractivity contribution in [3.63, 3.8) is 0 Å². The van der Waals surface area contributed by atoms with Gasteiger partial charge in [-0.1, -0.05) is 18.2 Å². The highest BCUT2D eigenvalue weighted by Crippen LogP contribution is 2.24. The number of nitrogens with zero attached hydrogens (tertiary/aromatic N) is 2. The quantitative estimate of drug-likeness (QED) is 0.704. The molecule has 1 aromatic heterocycles. The van der Waals surface area contributed by atoms with Gasteiger partial charge in [0.2, 0.25) is 5.91 Å². The summed E-state index contributed by atoms with van der Waals surface area (Å²) in [7, 11) is 0. The summed E-state index contributed by atoms with van der Waals surface area (Å²) in [4.78, 5) is 24.3. The Morgan fingerprint density at radius 2 is 1.74 bits per heavy atom. The smallest absolute Gasteiger partial charge is 0.255 e. The van der Waals surface area contributed by atoms with Gasteiger partial charge in [-0.05, 0) is 43.3 Å². The molecular formula is C20H19FN4O2. The molecule has 0 bridgehead atoms. The van der Waals surface area contributed by atoms with Crippen molar-refractivity contribution in [2.24, 2.45) is 0 Å². The Bertz CT molecular complexity index is 936. The molecule has 0 saturated heterocycles. The highest BCUT2D eigenvalue weighted by molar-refractivity contribution is 6.01. The Kier molecular flexibility index (Phi) is 5.61. The van der Waals surface area contributed by atoms with Gasteiger partial charge >= 0.3 is 0 Å². The summed E-state index contributed by atoms with van der Waals surface area (Å²) in [6, 6.07) is 15.1. The number of aromatic nitrogens is 2. The summed E-state index contributed by atoms with van der Waals surface area (Å²) in [6.45, 7) is 2.16. The predicted molar refractivity (Wildman–Crippen MR) is 100.0 cm³/mol. The first-order valence-corrected chi connectivity index (χ1v) is 8.54. The molecule has 0 radical (unpaired) electrons. The van der Waals surface area contributed by atoms with E-state index in [0.29, 0.717) is 23.4 Å². The first-order chi connectivity index (χ1) is 13.1. The Morgan fingerprint density at radius 1 is 1.04 bits per heavy atom. The number of halogens is 1. The molecule has 138 valence electrons. The van der Waals surface area contributed by atoms with Crippen LogP contribution in [0.1, 0.15) is 17.3 Å². The van der Waals surface area contributed by atoms with Crippen molar-refractivity contribution < 1.29 is 14.0 Å². The van der Waals surface area contributed by atoms with Crippen LogP contribution < -0.4 is 10.6 Å². The number of benzene rings is 2. The molecular weight excluding hydrogens is 347 g/mol. The van der Waals surface area contributed by atoms with Gasteiger partial charge in [-0.3, -0.25) is 9.59 Å². The number of para-hydroxylation sites is 1. The molecule has 0 aliphatic carbocycles. The van der Waals surface area contributed by atoms with E-state index >= 15 is 0 Å². The van der Waals surface area contributed by atoms with E-state index in [1.54, 1.807) is 29.9 Å². The second-order valence-electron chi connectivity index (χ2n) is 5.81. The van der Waals surface area contributed by atoms with Gasteiger partial charge in [0.25, 0.3) is 5.91 Å². The number of amides is 2. The van der Waals surface area contributed by atoms with Crippen molar-refractivity contribution in [2.75, 3.05) is 13.1 Å². The summed E-state index contributed by atoms with van der Waals surface area (Å²) in [5.41, 5.74) is 2.10. The average molecular weight is 366 g/mol. The maximum absolute atomic E-state index is 13.3. The first-order valence-electron chi connectivity index (χ1n) is 8.54. The Morgan fingerprint density at radius 3 is 2.41 bits per heavy atom. The second kappa shape index (κ2) is 8.27. The van der Waals surface area contributed by atoms with Crippen molar-refractivity contribution in [2.45, 2.75) is 6.92 Å². The van der Waals surface area contributed by atoms with Gasteiger partial charge in [0.05, 0.1) is 17.8 Å². The van der Waals surface area contributed by atoms with Crippen LogP contribution in [0.4, 0.5) is 4.39 Å². The van der Waals surface area contributed by atoms with Crippen LogP contribution in [0.25, 0.3) is 16.9 Å². The number of hydrogen-bond acceptors (Lipinski definition) is 3. The lowest BCUT2D eigenvalue weighted by atomic mass is 10.1. The van der Waals surface area contributed by atoms with Gasteiger partial charge < -0.3 is 10.6 Å². The van der Waals surface area contributed by atoms with Gasteiger partial charge in [0.15, 0.2) is 0 Å². The molecule has 2 N–H and O–H groups in total. The average Bonchev–Trinajstić information content (AvgIpc) is 3.13. The molecule has 0 spiro atoms. The van der Waals surface area contributed by atoms with Gasteiger partial charge in [-0.15, -0.1) is 0 Å². The van der Waals surface area contributed by atoms with Crippen LogP contribution in [0.15, 0.2) is 60.8 Å². The molecule has 1 heterocycles. The van der Waals surface area contributed by atoms with Crippen LogP contribution in [0.5, 0.6) is 0 Å². The van der Waals surface area contributed by atoms with Crippen molar-refractivity contribution in [3.8, 4) is 16.9 Å². The molecule has 6 nitrogen and oxygen atoms in total. The van der Waals surface area contributed by atoms with Crippen molar-refractivity contribution in [3.05, 3.63) is 72.2 Å². The van der Waals surface area contributed by atoms with E-state index in [9.17, 15) is 14.0 Å². The highest BCUT2D eigenvalue weighted by atomic mass is 19.1. The van der Waals surface area contributed by atoms with Crippen LogP contribution in [-0.4, -0.2) is 34.7 Å². The first kappa shape index (κ1) is 18.3. The predicted octanol–water partition coefficient (Wildman–Crippen LogP) is 2.54. The number of hydrogen-bond donors (Lipinski definition) is 2. The van der Waals surface area contributed by atoms with Crippen LogP contribution in [0, 0.1) is 5.82 Å². The third-order valence-electron chi connectivity index (χ3n) is 3.88. The van der Waals surface area contributed by atoms with E-state index in [2.05, 4.69) is 15.7 Å². The van der Waals surface area contributed by atoms with Crippen molar-refractivity contribution >= 4 is 11.8 Å². The third kappa shape index (κ3) is 4.38. The summed E-state index contributed by atoms with van der Waals surface area (Å²) in [5.74, 6) is -1.07. The lowest BCUT2D eigenvalue weighted by Crippen LogP contribution is -2.36. The summed E-state index contributed by atoms with van der Waals surface area (Å²) in [6.07, 6.45) is 1.60. The fourth-order valence-electron chi connectivity index (χ4n) is 2.59. The molecule has 0 aliphatic rings. The minimum atomic E-state index is -0.428. The summed E-state index contributed by atoms with van der Waals surface area (Å²) < 4.78 is 14.8. The van der Waals surface area contributed by atoms with Gasteiger partial charge in [0, 0.05) is 18.3 Å². The molecule has 3 rings (SSSR count). The number of rotatable bonds is 6. The molecule has 3 aromatic rings. The molecule has 0 aliphatic heterocycles. The summed E-state index contributed by atoms with van der Waals surface area (Å²) in [5, 5.41) is 9.71. The van der Waals surface area contributed by atoms with E-state index < -0.39 is 5.91 Å². The number of nitrogens with one attached hydrogen (secondary N) is 2. The van der Waals surface area contributed by atoms with Crippen molar-refractivity contribution in [1.29, 1.82) is 0 Å². The van der Waals surface area contributed by atoms with Crippen LogP contribution in [0.2, 0.25) is 0 Å². The van der Waals surface area contributed by atoms with Gasteiger partial charge in [-0.25, -0.2) is 9.07 Å². The Hall–Kier alpha value is -3.48. The van der Waals surface area contributed by atoms with Crippen LogP contribution in [-0.2, 0) is 4.79 Å². The minimum Gasteiger partial charge on any atom is -0.355 e. The molecule has 0 unspecified atom stereocenters. The fraction of sp³-hybridized carbons (Fsp3) is 0.150. The lowest BCUT2D eigenvalue weighted by molar-refractivity contribution is -0.120. The Labute approximate surface area is 156 Å². The number of carbonyl (C=O) groups excluding carboxylic acids is 2. The molecule has 0 fully saturated rings. The zero-order valence-electron chi connectivity index (χ0n) is 14.8. The minimum absolute atomic E-state index is 0.133. The van der Waals surface area contributed by atoms with Crippen LogP contribution in [0.3, 0.4) is 0 Å². The molecule has 2 amide bonds. The second-order valence-corrected chi connectivity index (χ2v) is 5.81. The Balaban J connectivity index is 1.95. The zero-order valence-corrected chi connectivity index (χ0v) is 14.8. The van der Waals surface area contributed by atoms with E-state index in [-0.39, 0.29) is 18.3 Å². The maximum atomic E-state index is 13.3. The van der Waals surface area contributed by atoms with Crippen LogP contribution >= 0.6 is 0 Å². The largest absolute Gasteiger partial charge is 0.355 e. The number of carbonyl (C=O) groups is 2. The van der Waals surface area contributed by atoms with E-state index in [1.165, 1.54) is 12.1 Å². The topological polar surface area (TPSA) is 76.0 Å². The summed E-state index contributed by atoms with van der Waals surface area (Å²) >= 11 is 0. The maximum Gasteiger partial charge on any atom is 0.255 e. The van der Waals surface area contributed by atoms with E-state index in [4.69, 9.17) is 0 Å². The van der Waals surface area contributed by atoms with E-state index in [0.717, 1.165) is 5.69 Å². The molecule has 27 heavy (non-hydrogen) atoms. The zero-order chi connectivity index (χ0) is 19.2. The highest BCUT2D eigenvalue weighted by Gasteiger charge is 2.19. The monoisotopic (exact) mass is 366 g/mol. The molecule has 7 heteroatoms. The SMILES string of the molecule is CCNC(=O)CNC(=O)c1cn(-c2ccccc2)nc1-c1ccc(F)cc1. The fourth-order valence-corrected chi connectivity index (χ4v) is 2.59. The normalized spacial score (nSPS) is 10.4. The molecule has 2 aromatic carbocycles. The molecule has 0 atom stereocenters.